The smallest absolute Gasteiger partial charge is 0.333 e. The van der Waals surface area contributed by atoms with Crippen LogP contribution in [0.4, 0.5) is 0 Å². The van der Waals surface area contributed by atoms with Gasteiger partial charge in [0.05, 0.1) is 13.2 Å². The fraction of sp³-hybridized carbons (Fsp3) is 0.514. The van der Waals surface area contributed by atoms with Gasteiger partial charge in [0.1, 0.15) is 19.8 Å². The number of hydrogen-bond acceptors (Lipinski definition) is 7. The fourth-order valence-electron chi connectivity index (χ4n) is 5.63. The van der Waals surface area contributed by atoms with Crippen molar-refractivity contribution in [3.8, 4) is 22.6 Å². The number of rotatable bonds is 18. The van der Waals surface area contributed by atoms with Gasteiger partial charge in [-0.25, -0.2) is 9.59 Å². The zero-order chi connectivity index (χ0) is 31.9. The lowest BCUT2D eigenvalue weighted by Crippen LogP contribution is -2.14. The first-order valence-electron chi connectivity index (χ1n) is 16.0. The van der Waals surface area contributed by atoms with Crippen molar-refractivity contribution in [1.29, 1.82) is 0 Å². The molecule has 0 bridgehead atoms. The minimum atomic E-state index is -0.482. The maximum atomic E-state index is 12.0. The lowest BCUT2D eigenvalue weighted by atomic mass is 9.77. The fourth-order valence-corrected chi connectivity index (χ4v) is 5.63. The summed E-state index contributed by atoms with van der Waals surface area (Å²) in [5.41, 5.74) is 4.73. The number of aliphatic hydroxyl groups excluding tert-OH is 1. The average Bonchev–Trinajstić information content (AvgIpc) is 3.02. The van der Waals surface area contributed by atoms with Crippen molar-refractivity contribution in [3.63, 3.8) is 0 Å². The Bertz CT molecular complexity index is 1240. The van der Waals surface area contributed by atoms with E-state index in [2.05, 4.69) is 44.3 Å². The van der Waals surface area contributed by atoms with Crippen LogP contribution in [0.5, 0.6) is 11.5 Å². The van der Waals surface area contributed by atoms with E-state index in [0.29, 0.717) is 35.0 Å². The van der Waals surface area contributed by atoms with Crippen molar-refractivity contribution < 1.29 is 33.6 Å². The molecular formula is C37H50O7. The molecule has 7 heteroatoms. The Labute approximate surface area is 263 Å². The molecule has 1 N–H and O–H groups in total. The Morgan fingerprint density at radius 2 is 1.48 bits per heavy atom. The van der Waals surface area contributed by atoms with Crippen LogP contribution >= 0.6 is 0 Å². The van der Waals surface area contributed by atoms with Crippen LogP contribution in [0.15, 0.2) is 60.7 Å². The SMILES string of the molecule is C=C(C)C(=O)OCCOc1cc(-c2ccc(C3CCC(CCCCC)CC3)cc2)cc(CCOC(=O)C(=C)C)c1OCCO. The molecule has 44 heavy (non-hydrogen) atoms. The normalized spacial score (nSPS) is 16.2. The lowest BCUT2D eigenvalue weighted by molar-refractivity contribution is -0.140. The summed E-state index contributed by atoms with van der Waals surface area (Å²) in [7, 11) is 0. The quantitative estimate of drug-likeness (QED) is 0.105. The molecule has 0 saturated heterocycles. The Morgan fingerprint density at radius 3 is 2.09 bits per heavy atom. The third-order valence-corrected chi connectivity index (χ3v) is 8.12. The molecule has 0 unspecified atom stereocenters. The summed E-state index contributed by atoms with van der Waals surface area (Å²) in [6.45, 7) is 12.9. The van der Waals surface area contributed by atoms with Gasteiger partial charge < -0.3 is 24.1 Å². The number of ether oxygens (including phenoxy) is 4. The van der Waals surface area contributed by atoms with Gasteiger partial charge in [-0.3, -0.25) is 0 Å². The van der Waals surface area contributed by atoms with Crippen molar-refractivity contribution >= 4 is 11.9 Å². The van der Waals surface area contributed by atoms with E-state index >= 15 is 0 Å². The van der Waals surface area contributed by atoms with Crippen LogP contribution < -0.4 is 9.47 Å². The second-order valence-corrected chi connectivity index (χ2v) is 11.8. The van der Waals surface area contributed by atoms with E-state index in [1.54, 1.807) is 13.8 Å². The molecule has 2 aromatic rings. The molecule has 7 nitrogen and oxygen atoms in total. The third kappa shape index (κ3) is 10.8. The molecule has 0 amide bonds. The zero-order valence-electron chi connectivity index (χ0n) is 26.8. The Balaban J connectivity index is 1.81. The van der Waals surface area contributed by atoms with Crippen LogP contribution in [0.1, 0.15) is 89.2 Å². The highest BCUT2D eigenvalue weighted by Gasteiger charge is 2.22. The second-order valence-electron chi connectivity index (χ2n) is 11.8. The van der Waals surface area contributed by atoms with Gasteiger partial charge in [0.2, 0.25) is 0 Å². The van der Waals surface area contributed by atoms with Gasteiger partial charge in [-0.05, 0) is 80.2 Å². The van der Waals surface area contributed by atoms with Crippen molar-refractivity contribution in [2.75, 3.05) is 33.0 Å². The number of esters is 2. The molecule has 0 radical (unpaired) electrons. The lowest BCUT2D eigenvalue weighted by Gasteiger charge is -2.29. The number of unbranched alkanes of at least 4 members (excludes halogenated alkanes) is 2. The monoisotopic (exact) mass is 606 g/mol. The van der Waals surface area contributed by atoms with E-state index in [9.17, 15) is 14.7 Å². The molecule has 0 aromatic heterocycles. The Morgan fingerprint density at radius 1 is 0.818 bits per heavy atom. The number of carbonyl (C=O) groups is 2. The summed E-state index contributed by atoms with van der Waals surface area (Å²) in [4.78, 5) is 23.8. The van der Waals surface area contributed by atoms with Crippen LogP contribution in [0.3, 0.4) is 0 Å². The molecule has 0 heterocycles. The van der Waals surface area contributed by atoms with Gasteiger partial charge >= 0.3 is 11.9 Å². The molecule has 0 spiro atoms. The summed E-state index contributed by atoms with van der Waals surface area (Å²) in [6, 6.07) is 12.7. The van der Waals surface area contributed by atoms with Crippen molar-refractivity contribution in [3.05, 3.63) is 71.8 Å². The molecule has 1 aliphatic carbocycles. The van der Waals surface area contributed by atoms with Crippen molar-refractivity contribution in [2.45, 2.75) is 84.5 Å². The predicted octanol–water partition coefficient (Wildman–Crippen LogP) is 7.74. The highest BCUT2D eigenvalue weighted by atomic mass is 16.6. The number of aliphatic hydroxyl groups is 1. The first-order chi connectivity index (χ1) is 21.2. The maximum Gasteiger partial charge on any atom is 0.333 e. The predicted molar refractivity (Wildman–Crippen MR) is 174 cm³/mol. The average molecular weight is 607 g/mol. The van der Waals surface area contributed by atoms with Gasteiger partial charge in [-0.15, -0.1) is 0 Å². The Hall–Kier alpha value is -3.58. The first kappa shape index (κ1) is 34.9. The van der Waals surface area contributed by atoms with Gasteiger partial charge in [-0.1, -0.05) is 70.0 Å². The Kier molecular flexibility index (Phi) is 14.5. The highest BCUT2D eigenvalue weighted by Crippen LogP contribution is 2.40. The standard InChI is InChI=1S/C37H50O7/c1-6-7-8-9-28-10-12-29(13-11-28)30-14-16-31(17-15-30)33-24-32(18-20-43-36(39)26(2)3)35(42-21-19-38)34(25-33)41-22-23-44-37(40)27(4)5/h14-17,24-25,28-29,38H,2,4,6-13,18-23H2,1,3,5H3. The van der Waals surface area contributed by atoms with E-state index in [1.807, 2.05) is 12.1 Å². The van der Waals surface area contributed by atoms with Crippen LogP contribution in [-0.2, 0) is 25.5 Å². The molecule has 0 atom stereocenters. The van der Waals surface area contributed by atoms with E-state index < -0.39 is 11.9 Å². The third-order valence-electron chi connectivity index (χ3n) is 8.12. The summed E-state index contributed by atoms with van der Waals surface area (Å²) in [5, 5.41) is 9.46. The number of carbonyl (C=O) groups excluding carboxylic acids is 2. The van der Waals surface area contributed by atoms with Crippen LogP contribution in [-0.4, -0.2) is 50.1 Å². The molecule has 1 aliphatic rings. The largest absolute Gasteiger partial charge is 0.487 e. The minimum absolute atomic E-state index is 0.0382. The highest BCUT2D eigenvalue weighted by molar-refractivity contribution is 5.87. The summed E-state index contributed by atoms with van der Waals surface area (Å²) >= 11 is 0. The van der Waals surface area contributed by atoms with Crippen LogP contribution in [0, 0.1) is 5.92 Å². The van der Waals surface area contributed by atoms with E-state index in [-0.39, 0.29) is 33.0 Å². The first-order valence-corrected chi connectivity index (χ1v) is 16.0. The van der Waals surface area contributed by atoms with Gasteiger partial charge in [-0.2, -0.15) is 0 Å². The summed E-state index contributed by atoms with van der Waals surface area (Å²) < 4.78 is 22.5. The number of benzene rings is 2. The van der Waals surface area contributed by atoms with E-state index in [0.717, 1.165) is 22.6 Å². The van der Waals surface area contributed by atoms with Crippen LogP contribution in [0.25, 0.3) is 11.1 Å². The molecule has 1 saturated carbocycles. The van der Waals surface area contributed by atoms with Gasteiger partial charge in [0.25, 0.3) is 0 Å². The summed E-state index contributed by atoms with van der Waals surface area (Å²) in [5.74, 6) is 1.44. The zero-order valence-corrected chi connectivity index (χ0v) is 26.8. The van der Waals surface area contributed by atoms with E-state index in [4.69, 9.17) is 18.9 Å². The molecule has 1 fully saturated rings. The molecular weight excluding hydrogens is 556 g/mol. The molecule has 0 aliphatic heterocycles. The summed E-state index contributed by atoms with van der Waals surface area (Å²) in [6.07, 6.45) is 10.8. The maximum absolute atomic E-state index is 12.0. The number of hydrogen-bond donors (Lipinski definition) is 1. The van der Waals surface area contributed by atoms with E-state index in [1.165, 1.54) is 56.9 Å². The second kappa shape index (κ2) is 18.3. The molecule has 240 valence electrons. The van der Waals surface area contributed by atoms with Crippen molar-refractivity contribution in [1.82, 2.24) is 0 Å². The topological polar surface area (TPSA) is 91.3 Å². The minimum Gasteiger partial charge on any atom is -0.487 e. The molecule has 2 aromatic carbocycles. The van der Waals surface area contributed by atoms with Gasteiger partial charge in [0.15, 0.2) is 11.5 Å². The van der Waals surface area contributed by atoms with Crippen molar-refractivity contribution in [2.24, 2.45) is 5.92 Å². The van der Waals surface area contributed by atoms with Gasteiger partial charge in [0, 0.05) is 23.1 Å². The van der Waals surface area contributed by atoms with Crippen LogP contribution in [0.2, 0.25) is 0 Å². The molecule has 3 rings (SSSR count).